The van der Waals surface area contributed by atoms with E-state index >= 15 is 8.78 Å². The van der Waals surface area contributed by atoms with Gasteiger partial charge in [-0.25, -0.2) is 23.1 Å². The minimum absolute atomic E-state index is 0.0653. The number of ether oxygens (including phenoxy) is 1. The summed E-state index contributed by atoms with van der Waals surface area (Å²) in [7, 11) is 0. The van der Waals surface area contributed by atoms with Crippen LogP contribution < -0.4 is 4.74 Å². The second kappa shape index (κ2) is 10.8. The van der Waals surface area contributed by atoms with Gasteiger partial charge in [0.1, 0.15) is 35.7 Å². The Morgan fingerprint density at radius 3 is 2.60 bits per heavy atom. The highest BCUT2D eigenvalue weighted by molar-refractivity contribution is 6.33. The molecule has 1 N–H and O–H groups in total. The predicted octanol–water partition coefficient (Wildman–Crippen LogP) is 5.49. The van der Waals surface area contributed by atoms with E-state index in [2.05, 4.69) is 19.9 Å². The highest BCUT2D eigenvalue weighted by Crippen LogP contribution is 2.39. The van der Waals surface area contributed by atoms with E-state index in [9.17, 15) is 14.3 Å². The average Bonchev–Trinajstić information content (AvgIpc) is 3.30. The van der Waals surface area contributed by atoms with E-state index in [4.69, 9.17) is 16.3 Å². The first-order valence-electron chi connectivity index (χ1n) is 13.1. The van der Waals surface area contributed by atoms with Crippen molar-refractivity contribution < 1.29 is 27.8 Å². The molecule has 1 saturated heterocycles. The number of benzene rings is 2. The molecule has 1 aliphatic rings. The number of nitrogens with zero attached hydrogens (tertiary/aromatic N) is 6. The van der Waals surface area contributed by atoms with Crippen molar-refractivity contribution in [2.45, 2.75) is 32.5 Å². The molecule has 0 radical (unpaired) electrons. The lowest BCUT2D eigenvalue weighted by Crippen LogP contribution is -2.46. The molecule has 2 atom stereocenters. The van der Waals surface area contributed by atoms with Crippen LogP contribution in [0.2, 0.25) is 5.02 Å². The van der Waals surface area contributed by atoms with Crippen LogP contribution in [0.4, 0.5) is 13.2 Å². The number of amides is 1. The lowest BCUT2D eigenvalue weighted by molar-refractivity contribution is -0.137. The van der Waals surface area contributed by atoms with Crippen LogP contribution in [0, 0.1) is 25.5 Å². The van der Waals surface area contributed by atoms with Gasteiger partial charge in [0.15, 0.2) is 5.82 Å². The number of imidazole rings is 1. The summed E-state index contributed by atoms with van der Waals surface area (Å²) < 4.78 is 51.9. The summed E-state index contributed by atoms with van der Waals surface area (Å²) in [6, 6.07) is 6.84. The first-order chi connectivity index (χ1) is 20.1. The number of carbonyl (C=O) groups is 1. The van der Waals surface area contributed by atoms with E-state index in [0.29, 0.717) is 39.7 Å². The minimum Gasteiger partial charge on any atom is -0.424 e. The molecule has 1 fully saturated rings. The molecule has 2 unspecified atom stereocenters. The number of hydrogen-bond donors (Lipinski definition) is 1. The normalized spacial score (nSPS) is 17.3. The Labute approximate surface area is 242 Å². The van der Waals surface area contributed by atoms with Gasteiger partial charge in [0, 0.05) is 35.2 Å². The third kappa shape index (κ3) is 4.90. The second-order valence-corrected chi connectivity index (χ2v) is 10.5. The van der Waals surface area contributed by atoms with Crippen LogP contribution in [-0.4, -0.2) is 66.3 Å². The third-order valence-electron chi connectivity index (χ3n) is 7.44. The Bertz CT molecular complexity index is 1870. The van der Waals surface area contributed by atoms with Crippen LogP contribution in [0.1, 0.15) is 24.0 Å². The Morgan fingerprint density at radius 2 is 1.88 bits per heavy atom. The van der Waals surface area contributed by atoms with Gasteiger partial charge in [0.2, 0.25) is 5.91 Å². The number of aryl methyl sites for hydroxylation is 2. The third-order valence-corrected chi connectivity index (χ3v) is 7.76. The van der Waals surface area contributed by atoms with Crippen LogP contribution in [-0.2, 0) is 4.79 Å². The standard InChI is InChI=1S/C29H24ClF3N6O3/c1-14-22(32)10-35-29(36-14)42-16-3-4-17(20(30)7-16)18-8-19-24(9-21(18)31)34-11-25-28(19)39(15(2)37-25)26-5-6-38(12-23(26)33)27(41)13-40/h3-4,7-11,23,26,40H,5-6,12-13H2,1-2H3. The molecule has 0 aliphatic carbocycles. The molecular formula is C29H24ClF3N6O3. The smallest absolute Gasteiger partial charge is 0.322 e. The van der Waals surface area contributed by atoms with Crippen molar-refractivity contribution in [3.8, 4) is 22.9 Å². The molecule has 0 spiro atoms. The number of pyridine rings is 1. The van der Waals surface area contributed by atoms with Gasteiger partial charge >= 0.3 is 6.01 Å². The number of hydrogen-bond acceptors (Lipinski definition) is 7. The summed E-state index contributed by atoms with van der Waals surface area (Å²) in [5.74, 6) is -0.825. The van der Waals surface area contributed by atoms with E-state index < -0.39 is 36.4 Å². The monoisotopic (exact) mass is 596 g/mol. The van der Waals surface area contributed by atoms with Crippen molar-refractivity contribution in [2.24, 2.45) is 0 Å². The molecule has 6 rings (SSSR count). The van der Waals surface area contributed by atoms with Crippen molar-refractivity contribution in [1.29, 1.82) is 0 Å². The van der Waals surface area contributed by atoms with E-state index in [1.165, 1.54) is 30.2 Å². The Hall–Kier alpha value is -4.29. The maximum atomic E-state index is 15.5. The summed E-state index contributed by atoms with van der Waals surface area (Å²) in [4.78, 5) is 30.0. The fraction of sp³-hybridized carbons (Fsp3) is 0.276. The van der Waals surface area contributed by atoms with Crippen LogP contribution in [0.25, 0.3) is 33.1 Å². The number of aliphatic hydroxyl groups excluding tert-OH is 1. The van der Waals surface area contributed by atoms with Crippen molar-refractivity contribution in [3.63, 3.8) is 0 Å². The molecule has 5 aromatic rings. The zero-order chi connectivity index (χ0) is 29.7. The number of piperidine rings is 1. The summed E-state index contributed by atoms with van der Waals surface area (Å²) in [5.41, 5.74) is 2.15. The van der Waals surface area contributed by atoms with Gasteiger partial charge in [-0.15, -0.1) is 0 Å². The molecule has 216 valence electrons. The molecule has 42 heavy (non-hydrogen) atoms. The number of alkyl halides is 1. The second-order valence-electron chi connectivity index (χ2n) is 10.1. The topological polar surface area (TPSA) is 106 Å². The largest absolute Gasteiger partial charge is 0.424 e. The number of aliphatic hydroxyl groups is 1. The highest BCUT2D eigenvalue weighted by atomic mass is 35.5. The molecule has 4 heterocycles. The van der Waals surface area contributed by atoms with Gasteiger partial charge in [-0.3, -0.25) is 9.78 Å². The van der Waals surface area contributed by atoms with Crippen LogP contribution in [0.3, 0.4) is 0 Å². The molecule has 0 bridgehead atoms. The molecule has 9 nitrogen and oxygen atoms in total. The van der Waals surface area contributed by atoms with Crippen molar-refractivity contribution >= 4 is 39.4 Å². The number of fused-ring (bicyclic) bond motifs is 3. The number of halogens is 4. The Balaban J connectivity index is 1.41. The number of carbonyl (C=O) groups excluding carboxylic acids is 1. The van der Waals surface area contributed by atoms with E-state index in [1.54, 1.807) is 29.7 Å². The molecular weight excluding hydrogens is 573 g/mol. The first kappa shape index (κ1) is 27.9. The highest BCUT2D eigenvalue weighted by Gasteiger charge is 2.34. The molecule has 13 heteroatoms. The predicted molar refractivity (Wildman–Crippen MR) is 149 cm³/mol. The molecule has 1 aliphatic heterocycles. The minimum atomic E-state index is -1.41. The Morgan fingerprint density at radius 1 is 1.07 bits per heavy atom. The fourth-order valence-corrected chi connectivity index (χ4v) is 5.67. The van der Waals surface area contributed by atoms with Crippen molar-refractivity contribution in [3.05, 3.63) is 70.9 Å². The summed E-state index contributed by atoms with van der Waals surface area (Å²) >= 11 is 6.58. The molecule has 1 amide bonds. The summed E-state index contributed by atoms with van der Waals surface area (Å²) in [6.07, 6.45) is 1.42. The molecule has 3 aromatic heterocycles. The quantitative estimate of drug-likeness (QED) is 0.286. The first-order valence-corrected chi connectivity index (χ1v) is 13.5. The van der Waals surface area contributed by atoms with Gasteiger partial charge in [-0.2, -0.15) is 4.98 Å². The summed E-state index contributed by atoms with van der Waals surface area (Å²) in [5, 5.41) is 9.92. The zero-order valence-corrected chi connectivity index (χ0v) is 23.2. The van der Waals surface area contributed by atoms with Gasteiger partial charge in [-0.1, -0.05) is 11.6 Å². The molecule has 2 aromatic carbocycles. The average molecular weight is 597 g/mol. The fourth-order valence-electron chi connectivity index (χ4n) is 5.40. The molecule has 0 saturated carbocycles. The van der Waals surface area contributed by atoms with Gasteiger partial charge < -0.3 is 19.3 Å². The maximum Gasteiger partial charge on any atom is 0.322 e. The SMILES string of the molecule is Cc1nc(Oc2ccc(-c3cc4c(cc3F)ncc3nc(C)n(C5CCN(C(=O)CO)CC5F)c34)c(Cl)c2)ncc1F. The van der Waals surface area contributed by atoms with Crippen LogP contribution in [0.15, 0.2) is 42.7 Å². The van der Waals surface area contributed by atoms with Gasteiger partial charge in [-0.05, 0) is 38.5 Å². The number of rotatable bonds is 5. The number of likely N-dealkylation sites (tertiary alicyclic amines) is 1. The lowest BCUT2D eigenvalue weighted by Gasteiger charge is -2.35. The van der Waals surface area contributed by atoms with Crippen molar-refractivity contribution in [1.82, 2.24) is 29.4 Å². The van der Waals surface area contributed by atoms with E-state index in [1.807, 2.05) is 0 Å². The van der Waals surface area contributed by atoms with E-state index in [0.717, 1.165) is 6.20 Å². The van der Waals surface area contributed by atoms with Crippen LogP contribution in [0.5, 0.6) is 11.8 Å². The van der Waals surface area contributed by atoms with Gasteiger partial charge in [0.25, 0.3) is 0 Å². The van der Waals surface area contributed by atoms with Crippen LogP contribution >= 0.6 is 11.6 Å². The zero-order valence-electron chi connectivity index (χ0n) is 22.5. The lowest BCUT2D eigenvalue weighted by atomic mass is 10.00. The van der Waals surface area contributed by atoms with Crippen molar-refractivity contribution in [2.75, 3.05) is 19.7 Å². The van der Waals surface area contributed by atoms with Gasteiger partial charge in [0.05, 0.1) is 46.7 Å². The Kier molecular flexibility index (Phi) is 7.19. The number of aromatic nitrogens is 5. The summed E-state index contributed by atoms with van der Waals surface area (Å²) in [6.45, 7) is 2.69. The maximum absolute atomic E-state index is 15.5. The van der Waals surface area contributed by atoms with E-state index in [-0.39, 0.29) is 41.1 Å².